The highest BCUT2D eigenvalue weighted by molar-refractivity contribution is 9.11. The molecule has 1 heterocycles. The second-order valence-electron chi connectivity index (χ2n) is 4.24. The van der Waals surface area contributed by atoms with Crippen LogP contribution in [0, 0.1) is 11.6 Å². The Bertz CT molecular complexity index is 658. The van der Waals surface area contributed by atoms with Crippen molar-refractivity contribution in [1.82, 2.24) is 0 Å². The average molecular weight is 377 g/mol. The molecule has 2 nitrogen and oxygen atoms in total. The Hall–Kier alpha value is -1.05. The van der Waals surface area contributed by atoms with E-state index in [4.69, 9.17) is 5.73 Å². The first-order valence-corrected chi connectivity index (χ1v) is 7.70. The van der Waals surface area contributed by atoms with Crippen molar-refractivity contribution in [2.24, 2.45) is 5.73 Å². The molecule has 106 valence electrons. The van der Waals surface area contributed by atoms with Gasteiger partial charge in [-0.3, -0.25) is 0 Å². The second-order valence-corrected chi connectivity index (χ2v) is 6.97. The van der Waals surface area contributed by atoms with Crippen LogP contribution in [0.1, 0.15) is 11.1 Å². The molecule has 0 aliphatic carbocycles. The molecular formula is C13H11BrF2N2S2. The molecule has 0 saturated carbocycles. The van der Waals surface area contributed by atoms with E-state index in [1.54, 1.807) is 23.3 Å². The van der Waals surface area contributed by atoms with Crippen LogP contribution in [0.25, 0.3) is 0 Å². The lowest BCUT2D eigenvalue weighted by atomic mass is 10.1. The first-order valence-electron chi connectivity index (χ1n) is 5.62. The van der Waals surface area contributed by atoms with Crippen molar-refractivity contribution in [2.75, 3.05) is 11.9 Å². The van der Waals surface area contributed by atoms with Gasteiger partial charge in [0, 0.05) is 19.2 Å². The number of nitrogens with zero attached hydrogens (tertiary/aromatic N) is 1. The van der Waals surface area contributed by atoms with Crippen LogP contribution in [0.3, 0.4) is 0 Å². The van der Waals surface area contributed by atoms with E-state index in [0.717, 1.165) is 9.35 Å². The molecule has 0 amide bonds. The Balaban J connectivity index is 2.28. The maximum absolute atomic E-state index is 14.0. The standard InChI is InChI=1S/C13H11BrF2N2S2/c1-18(5-7-4-10(14)20-6-7)9-3-2-8(13(17)19)11(15)12(9)16/h2-4,6H,5H2,1H3,(H2,17,19). The number of halogens is 3. The van der Waals surface area contributed by atoms with E-state index in [1.165, 1.54) is 12.1 Å². The van der Waals surface area contributed by atoms with Crippen LogP contribution in [-0.4, -0.2) is 12.0 Å². The molecule has 1 aromatic heterocycles. The molecular weight excluding hydrogens is 366 g/mol. The summed E-state index contributed by atoms with van der Waals surface area (Å²) >= 11 is 9.59. The van der Waals surface area contributed by atoms with Gasteiger partial charge in [-0.25, -0.2) is 8.78 Å². The maximum atomic E-state index is 14.0. The zero-order valence-electron chi connectivity index (χ0n) is 10.5. The molecule has 0 fully saturated rings. The molecule has 0 spiro atoms. The van der Waals surface area contributed by atoms with Gasteiger partial charge in [-0.2, -0.15) is 0 Å². The Morgan fingerprint density at radius 2 is 2.10 bits per heavy atom. The van der Waals surface area contributed by atoms with E-state index in [0.29, 0.717) is 6.54 Å². The van der Waals surface area contributed by atoms with Crippen LogP contribution >= 0.6 is 39.5 Å². The van der Waals surface area contributed by atoms with Gasteiger partial charge in [0.05, 0.1) is 9.47 Å². The van der Waals surface area contributed by atoms with Crippen LogP contribution in [-0.2, 0) is 6.54 Å². The number of thiocarbonyl (C=S) groups is 1. The highest BCUT2D eigenvalue weighted by atomic mass is 79.9. The summed E-state index contributed by atoms with van der Waals surface area (Å²) in [7, 11) is 1.70. The minimum atomic E-state index is -1.01. The minimum Gasteiger partial charge on any atom is -0.389 e. The first kappa shape index (κ1) is 15.3. The number of anilines is 1. The fraction of sp³-hybridized carbons (Fsp3) is 0.154. The fourth-order valence-electron chi connectivity index (χ4n) is 1.81. The molecule has 0 aliphatic rings. The van der Waals surface area contributed by atoms with E-state index in [-0.39, 0.29) is 16.2 Å². The van der Waals surface area contributed by atoms with Crippen LogP contribution < -0.4 is 10.6 Å². The predicted molar refractivity (Wildman–Crippen MR) is 86.4 cm³/mol. The smallest absolute Gasteiger partial charge is 0.182 e. The number of rotatable bonds is 4. The lowest BCUT2D eigenvalue weighted by molar-refractivity contribution is 0.506. The molecule has 2 aromatic rings. The highest BCUT2D eigenvalue weighted by Gasteiger charge is 2.17. The van der Waals surface area contributed by atoms with Crippen molar-refractivity contribution in [2.45, 2.75) is 6.54 Å². The zero-order valence-corrected chi connectivity index (χ0v) is 13.7. The topological polar surface area (TPSA) is 29.3 Å². The van der Waals surface area contributed by atoms with Crippen molar-refractivity contribution in [3.05, 3.63) is 50.1 Å². The van der Waals surface area contributed by atoms with Crippen LogP contribution in [0.2, 0.25) is 0 Å². The van der Waals surface area contributed by atoms with Crippen LogP contribution in [0.4, 0.5) is 14.5 Å². The van der Waals surface area contributed by atoms with E-state index in [1.807, 2.05) is 11.4 Å². The average Bonchev–Trinajstić information content (AvgIpc) is 2.77. The number of thiophene rings is 1. The van der Waals surface area contributed by atoms with Crippen LogP contribution in [0.15, 0.2) is 27.4 Å². The summed E-state index contributed by atoms with van der Waals surface area (Å²) in [4.78, 5) is 1.48. The van der Waals surface area contributed by atoms with E-state index < -0.39 is 11.6 Å². The third-order valence-electron chi connectivity index (χ3n) is 2.78. The number of hydrogen-bond donors (Lipinski definition) is 1. The summed E-state index contributed by atoms with van der Waals surface area (Å²) in [5.41, 5.74) is 6.45. The van der Waals surface area contributed by atoms with E-state index >= 15 is 0 Å². The molecule has 0 saturated heterocycles. The predicted octanol–water partition coefficient (Wildman–Crippen LogP) is 4.06. The molecule has 2 rings (SSSR count). The van der Waals surface area contributed by atoms with Gasteiger partial charge in [0.25, 0.3) is 0 Å². The largest absolute Gasteiger partial charge is 0.389 e. The van der Waals surface area contributed by atoms with Crippen molar-refractivity contribution in [3.63, 3.8) is 0 Å². The van der Waals surface area contributed by atoms with Crippen molar-refractivity contribution >= 4 is 50.2 Å². The SMILES string of the molecule is CN(Cc1csc(Br)c1)c1ccc(C(N)=S)c(F)c1F. The summed E-state index contributed by atoms with van der Waals surface area (Å²) in [6.45, 7) is 0.477. The normalized spacial score (nSPS) is 10.6. The molecule has 1 aromatic carbocycles. The molecule has 0 bridgehead atoms. The van der Waals surface area contributed by atoms with E-state index in [2.05, 4.69) is 28.1 Å². The van der Waals surface area contributed by atoms with Gasteiger partial charge >= 0.3 is 0 Å². The third-order valence-corrected chi connectivity index (χ3v) is 4.55. The third kappa shape index (κ3) is 3.16. The first-order chi connectivity index (χ1) is 9.40. The fourth-order valence-corrected chi connectivity index (χ4v) is 3.17. The van der Waals surface area contributed by atoms with Crippen molar-refractivity contribution in [1.29, 1.82) is 0 Å². The Morgan fingerprint density at radius 1 is 1.40 bits per heavy atom. The summed E-state index contributed by atoms with van der Waals surface area (Å²) in [5, 5.41) is 1.96. The van der Waals surface area contributed by atoms with Gasteiger partial charge in [-0.05, 0) is 45.1 Å². The number of nitrogens with two attached hydrogens (primary N) is 1. The Morgan fingerprint density at radius 3 is 2.65 bits per heavy atom. The summed E-state index contributed by atoms with van der Waals surface area (Å²) in [6.07, 6.45) is 0. The van der Waals surface area contributed by atoms with Gasteiger partial charge < -0.3 is 10.6 Å². The Kier molecular flexibility index (Phi) is 4.72. The quantitative estimate of drug-likeness (QED) is 0.815. The molecule has 20 heavy (non-hydrogen) atoms. The van der Waals surface area contributed by atoms with Crippen LogP contribution in [0.5, 0.6) is 0 Å². The van der Waals surface area contributed by atoms with Gasteiger partial charge in [0.15, 0.2) is 11.6 Å². The van der Waals surface area contributed by atoms with Crippen molar-refractivity contribution in [3.8, 4) is 0 Å². The minimum absolute atomic E-state index is 0.0760. The highest BCUT2D eigenvalue weighted by Crippen LogP contribution is 2.27. The second kappa shape index (κ2) is 6.15. The Labute approximate surface area is 133 Å². The molecule has 0 radical (unpaired) electrons. The maximum Gasteiger partial charge on any atom is 0.182 e. The van der Waals surface area contributed by atoms with Gasteiger partial charge in [0.1, 0.15) is 4.99 Å². The lowest BCUT2D eigenvalue weighted by Crippen LogP contribution is -2.20. The summed E-state index contributed by atoms with van der Waals surface area (Å²) in [5.74, 6) is -1.94. The molecule has 0 unspecified atom stereocenters. The zero-order chi connectivity index (χ0) is 14.9. The number of benzene rings is 1. The molecule has 2 N–H and O–H groups in total. The summed E-state index contributed by atoms with van der Waals surface area (Å²) < 4.78 is 28.9. The van der Waals surface area contributed by atoms with E-state index in [9.17, 15) is 8.78 Å². The van der Waals surface area contributed by atoms with Gasteiger partial charge in [-0.1, -0.05) is 12.2 Å². The molecule has 0 atom stereocenters. The van der Waals surface area contributed by atoms with Gasteiger partial charge in [-0.15, -0.1) is 11.3 Å². The van der Waals surface area contributed by atoms with Gasteiger partial charge in [0.2, 0.25) is 0 Å². The van der Waals surface area contributed by atoms with Crippen molar-refractivity contribution < 1.29 is 8.78 Å². The summed E-state index contributed by atoms with van der Waals surface area (Å²) in [6, 6.07) is 4.82. The molecule has 0 aliphatic heterocycles. The molecule has 7 heteroatoms. The monoisotopic (exact) mass is 376 g/mol. The lowest BCUT2D eigenvalue weighted by Gasteiger charge is -2.20. The number of hydrogen-bond acceptors (Lipinski definition) is 3.